The first kappa shape index (κ1) is 36.4. The number of ether oxygens (including phenoxy) is 2. The van der Waals surface area contributed by atoms with Gasteiger partial charge in [-0.3, -0.25) is 23.5 Å². The maximum absolute atomic E-state index is 13.9. The summed E-state index contributed by atoms with van der Waals surface area (Å²) in [6, 6.07) is 17.0. The van der Waals surface area contributed by atoms with Gasteiger partial charge in [0, 0.05) is 10.3 Å². The Morgan fingerprint density at radius 3 is 2.34 bits per heavy atom. The van der Waals surface area contributed by atoms with Crippen molar-refractivity contribution in [3.8, 4) is 0 Å². The number of hydrogen-bond donors (Lipinski definition) is 2. The van der Waals surface area contributed by atoms with Gasteiger partial charge in [-0.25, -0.2) is 14.6 Å². The smallest absolute Gasteiger partial charge is 0.356 e. The van der Waals surface area contributed by atoms with Gasteiger partial charge in [-0.05, 0) is 38.2 Å². The molecule has 2 aromatic carbocycles. The summed E-state index contributed by atoms with van der Waals surface area (Å²) < 4.78 is 24.7. The average molecular weight is 740 g/mol. The second kappa shape index (κ2) is 15.8. The average Bonchev–Trinajstić information content (AvgIpc) is 3.55. The van der Waals surface area contributed by atoms with Crippen LogP contribution in [0.4, 0.5) is 5.13 Å². The van der Waals surface area contributed by atoms with Gasteiger partial charge in [-0.1, -0.05) is 65.8 Å². The molecule has 50 heavy (non-hydrogen) atoms. The first-order valence-electron chi connectivity index (χ1n) is 15.1. The lowest BCUT2D eigenvalue weighted by atomic mass is 10.0. The van der Waals surface area contributed by atoms with Crippen molar-refractivity contribution in [2.24, 2.45) is 5.16 Å². The molecule has 3 atom stereocenters. The lowest BCUT2D eigenvalue weighted by Gasteiger charge is -2.49. The molecule has 1 fully saturated rings. The summed E-state index contributed by atoms with van der Waals surface area (Å²) in [7, 11) is -1.72. The van der Waals surface area contributed by atoms with Crippen LogP contribution in [0.25, 0.3) is 0 Å². The summed E-state index contributed by atoms with van der Waals surface area (Å²) in [5.74, 6) is -3.23. The molecule has 0 saturated carbocycles. The molecule has 2 unspecified atom stereocenters. The van der Waals surface area contributed by atoms with Gasteiger partial charge in [0.2, 0.25) is 13.0 Å². The largest absolute Gasteiger partial charge is 0.457 e. The molecular weight excluding hydrogens is 707 g/mol. The molecule has 0 spiro atoms. The van der Waals surface area contributed by atoms with Crippen molar-refractivity contribution < 1.29 is 42.5 Å². The lowest BCUT2D eigenvalue weighted by Crippen LogP contribution is -2.74. The number of nitrogens with one attached hydrogen (secondary N) is 2. The van der Waals surface area contributed by atoms with Crippen LogP contribution in [0.15, 0.2) is 81.8 Å². The molecule has 14 nitrogen and oxygen atoms in total. The summed E-state index contributed by atoms with van der Waals surface area (Å²) in [4.78, 5) is 75.1. The maximum Gasteiger partial charge on any atom is 0.356 e. The molecule has 5 rings (SSSR count). The molecule has 2 N–H and O–H groups in total. The number of thioether (sulfide) groups is 1. The van der Waals surface area contributed by atoms with E-state index >= 15 is 0 Å². The van der Waals surface area contributed by atoms with Crippen molar-refractivity contribution in [3.05, 3.63) is 93.5 Å². The third-order valence-corrected chi connectivity index (χ3v) is 10.5. The van der Waals surface area contributed by atoms with E-state index in [0.29, 0.717) is 22.4 Å². The van der Waals surface area contributed by atoms with Gasteiger partial charge in [0.05, 0.1) is 16.6 Å². The highest BCUT2D eigenvalue weighted by atomic mass is 32.2. The highest BCUT2D eigenvalue weighted by Crippen LogP contribution is 2.39. The minimum absolute atomic E-state index is 0.0314. The van der Waals surface area contributed by atoms with Crippen LogP contribution in [0.2, 0.25) is 0 Å². The van der Waals surface area contributed by atoms with Crippen LogP contribution in [-0.2, 0) is 49.1 Å². The molecule has 1 saturated heterocycles. The molecule has 3 aromatic rings. The minimum atomic E-state index is -1.72. The van der Waals surface area contributed by atoms with Crippen molar-refractivity contribution in [2.45, 2.75) is 43.9 Å². The number of fused-ring (bicyclic) bond motifs is 1. The Balaban J connectivity index is 1.38. The predicted octanol–water partition coefficient (Wildman–Crippen LogP) is 3.10. The summed E-state index contributed by atoms with van der Waals surface area (Å²) in [6.07, 6.45) is 1.31. The maximum atomic E-state index is 13.9. The number of carbonyl (C=O) groups is 5. The molecular formula is C33H33N5O9S3. The molecule has 17 heteroatoms. The van der Waals surface area contributed by atoms with Gasteiger partial charge in [-0.15, -0.1) is 23.1 Å². The SMILES string of the molecule is CSC1=C(C(=O)OC(c2ccccc2)c2ccccc2)N2C(=O)C(NC(=O)/C(=N/OCC(=O)OC(C)(C)C)c3csc(NC=O)n3)[C@H]2S(=O)C1. The zero-order valence-corrected chi connectivity index (χ0v) is 29.8. The van der Waals surface area contributed by atoms with Gasteiger partial charge in [0.25, 0.3) is 11.8 Å². The minimum Gasteiger partial charge on any atom is -0.457 e. The topological polar surface area (TPSA) is 183 Å². The van der Waals surface area contributed by atoms with E-state index in [9.17, 15) is 28.2 Å². The van der Waals surface area contributed by atoms with E-state index in [0.717, 1.165) is 16.2 Å². The summed E-state index contributed by atoms with van der Waals surface area (Å²) in [5, 5.41) is 9.16. The Morgan fingerprint density at radius 1 is 1.12 bits per heavy atom. The number of β-lactam (4-membered cyclic amide) rings is 1. The number of oxime groups is 1. The molecule has 3 heterocycles. The van der Waals surface area contributed by atoms with Crippen LogP contribution < -0.4 is 10.6 Å². The third kappa shape index (κ3) is 8.28. The third-order valence-electron chi connectivity index (χ3n) is 7.15. The van der Waals surface area contributed by atoms with Crippen LogP contribution in [0, 0.1) is 0 Å². The number of thiazole rings is 1. The molecule has 0 bridgehead atoms. The van der Waals surface area contributed by atoms with E-state index in [1.54, 1.807) is 27.0 Å². The molecule has 2 aliphatic rings. The quantitative estimate of drug-likeness (QED) is 0.0864. The highest BCUT2D eigenvalue weighted by molar-refractivity contribution is 8.03. The van der Waals surface area contributed by atoms with E-state index in [-0.39, 0.29) is 22.3 Å². The molecule has 2 aliphatic heterocycles. The molecule has 1 aromatic heterocycles. The number of anilines is 1. The molecule has 3 amide bonds. The van der Waals surface area contributed by atoms with Crippen molar-refractivity contribution in [2.75, 3.05) is 23.9 Å². The number of benzene rings is 2. The van der Waals surface area contributed by atoms with E-state index in [2.05, 4.69) is 20.8 Å². The van der Waals surface area contributed by atoms with Gasteiger partial charge in [-0.2, -0.15) is 0 Å². The van der Waals surface area contributed by atoms with Crippen LogP contribution in [-0.4, -0.2) is 85.6 Å². The summed E-state index contributed by atoms with van der Waals surface area (Å²) in [5.41, 5.74) is 0.127. The zero-order chi connectivity index (χ0) is 36.0. The van der Waals surface area contributed by atoms with Gasteiger partial charge >= 0.3 is 11.9 Å². The fourth-order valence-electron chi connectivity index (χ4n) is 5.07. The van der Waals surface area contributed by atoms with E-state index in [4.69, 9.17) is 14.3 Å². The monoisotopic (exact) mass is 739 g/mol. The van der Waals surface area contributed by atoms with Crippen LogP contribution in [0.3, 0.4) is 0 Å². The first-order valence-corrected chi connectivity index (χ1v) is 18.6. The second-order valence-corrected chi connectivity index (χ2v) is 15.0. The Kier molecular flexibility index (Phi) is 11.5. The van der Waals surface area contributed by atoms with E-state index < -0.39 is 70.0 Å². The Bertz CT molecular complexity index is 1820. The van der Waals surface area contributed by atoms with Crippen LogP contribution >= 0.6 is 23.1 Å². The van der Waals surface area contributed by atoms with Gasteiger partial charge in [0.15, 0.2) is 16.9 Å². The number of aromatic nitrogens is 1. The summed E-state index contributed by atoms with van der Waals surface area (Å²) >= 11 is 2.17. The number of rotatable bonds is 13. The Hall–Kier alpha value is -4.87. The van der Waals surface area contributed by atoms with Crippen LogP contribution in [0.1, 0.15) is 43.7 Å². The number of hydrogen-bond acceptors (Lipinski definition) is 13. The number of esters is 2. The van der Waals surface area contributed by atoms with E-state index in [1.165, 1.54) is 17.1 Å². The molecule has 0 radical (unpaired) electrons. The standard InChI is InChI=1S/C33H33N5O9S3/c1-33(2,3)47-23(40)15-45-37-24(21-16-49-32(35-21)34-18-39)28(41)36-25-29(42)38-26(22(48-4)17-50(44)30(25)38)31(43)46-27(19-11-7-5-8-12-19)20-13-9-6-10-14-20/h5-14,16,18,25,27,30H,15,17H2,1-4H3,(H,36,41)(H,34,35,39)/b37-24+/t25?,30-,50?/m1/s1. The van der Waals surface area contributed by atoms with Gasteiger partial charge < -0.3 is 24.9 Å². The molecule has 262 valence electrons. The highest BCUT2D eigenvalue weighted by Gasteiger charge is 2.58. The van der Waals surface area contributed by atoms with Gasteiger partial charge in [0.1, 0.15) is 28.4 Å². The Morgan fingerprint density at radius 2 is 1.76 bits per heavy atom. The van der Waals surface area contributed by atoms with E-state index in [1.807, 2.05) is 60.7 Å². The van der Waals surface area contributed by atoms with Crippen molar-refractivity contribution in [1.29, 1.82) is 0 Å². The number of amides is 3. The fraction of sp³-hybridized carbons (Fsp3) is 0.303. The molecule has 0 aliphatic carbocycles. The zero-order valence-electron chi connectivity index (χ0n) is 27.3. The Labute approximate surface area is 298 Å². The number of nitrogens with zero attached hydrogens (tertiary/aromatic N) is 3. The normalized spacial score (nSPS) is 18.9. The second-order valence-electron chi connectivity index (χ2n) is 11.8. The van der Waals surface area contributed by atoms with Crippen LogP contribution in [0.5, 0.6) is 0 Å². The lowest BCUT2D eigenvalue weighted by molar-refractivity contribution is -0.160. The fourth-order valence-corrected chi connectivity index (χ4v) is 8.42. The van der Waals surface area contributed by atoms with Crippen molar-refractivity contribution in [1.82, 2.24) is 15.2 Å². The summed E-state index contributed by atoms with van der Waals surface area (Å²) in [6.45, 7) is 4.38. The predicted molar refractivity (Wildman–Crippen MR) is 187 cm³/mol. The number of carbonyl (C=O) groups excluding carboxylic acids is 5. The van der Waals surface area contributed by atoms with Crippen molar-refractivity contribution in [3.63, 3.8) is 0 Å². The van der Waals surface area contributed by atoms with Crippen molar-refractivity contribution >= 4 is 74.9 Å². The first-order chi connectivity index (χ1) is 23.9.